The molecule has 0 unspecified atom stereocenters. The van der Waals surface area contributed by atoms with E-state index in [9.17, 15) is 5.11 Å². The minimum atomic E-state index is -0.852. The molecule has 4 heteroatoms. The standard InChI is InChI=1S/C17H27NO3/c1-4-21-13-12-18-11-5-6-16(18)17(2,19)14-7-9-15(20-3)10-8-14/h7-10,16,19H,4-6,11-13H2,1-3H3/t16-,17-/m0/s1. The molecule has 1 aliphatic heterocycles. The molecule has 2 atom stereocenters. The Morgan fingerprint density at radius 1 is 1.33 bits per heavy atom. The van der Waals surface area contributed by atoms with Gasteiger partial charge in [-0.25, -0.2) is 0 Å². The lowest BCUT2D eigenvalue weighted by molar-refractivity contribution is -0.0296. The molecule has 118 valence electrons. The number of aliphatic hydroxyl groups is 1. The van der Waals surface area contributed by atoms with Crippen molar-refractivity contribution in [3.05, 3.63) is 29.8 Å². The maximum atomic E-state index is 11.1. The van der Waals surface area contributed by atoms with E-state index in [0.29, 0.717) is 0 Å². The average molecular weight is 293 g/mol. The highest BCUT2D eigenvalue weighted by atomic mass is 16.5. The summed E-state index contributed by atoms with van der Waals surface area (Å²) in [6.45, 7) is 7.31. The molecule has 0 spiro atoms. The van der Waals surface area contributed by atoms with Crippen LogP contribution in [0.4, 0.5) is 0 Å². The number of methoxy groups -OCH3 is 1. The molecule has 0 radical (unpaired) electrons. The van der Waals surface area contributed by atoms with Crippen molar-refractivity contribution in [2.24, 2.45) is 0 Å². The van der Waals surface area contributed by atoms with E-state index in [1.54, 1.807) is 7.11 Å². The molecule has 0 bridgehead atoms. The maximum Gasteiger partial charge on any atom is 0.118 e. The first kappa shape index (κ1) is 16.3. The van der Waals surface area contributed by atoms with Crippen LogP contribution in [0.3, 0.4) is 0 Å². The van der Waals surface area contributed by atoms with Gasteiger partial charge in [0.15, 0.2) is 0 Å². The topological polar surface area (TPSA) is 41.9 Å². The van der Waals surface area contributed by atoms with E-state index < -0.39 is 5.60 Å². The second-order valence-electron chi connectivity index (χ2n) is 5.77. The molecule has 0 aliphatic carbocycles. The lowest BCUT2D eigenvalue weighted by Crippen LogP contribution is -2.46. The molecule has 1 aromatic rings. The van der Waals surface area contributed by atoms with Gasteiger partial charge in [-0.05, 0) is 50.9 Å². The molecular formula is C17H27NO3. The van der Waals surface area contributed by atoms with Gasteiger partial charge in [-0.2, -0.15) is 0 Å². The average Bonchev–Trinajstić information content (AvgIpc) is 2.97. The predicted octanol–water partition coefficient (Wildman–Crippen LogP) is 2.40. The van der Waals surface area contributed by atoms with Gasteiger partial charge in [0.05, 0.1) is 13.7 Å². The zero-order chi connectivity index (χ0) is 15.3. The van der Waals surface area contributed by atoms with Gasteiger partial charge < -0.3 is 14.6 Å². The number of hydrogen-bond acceptors (Lipinski definition) is 4. The maximum absolute atomic E-state index is 11.1. The van der Waals surface area contributed by atoms with Crippen molar-refractivity contribution in [1.82, 2.24) is 4.90 Å². The summed E-state index contributed by atoms with van der Waals surface area (Å²) in [5.41, 5.74) is 0.0891. The summed E-state index contributed by atoms with van der Waals surface area (Å²) in [4.78, 5) is 2.35. The van der Waals surface area contributed by atoms with Crippen LogP contribution in [0.5, 0.6) is 5.75 Å². The van der Waals surface area contributed by atoms with Crippen LogP contribution in [0.2, 0.25) is 0 Å². The van der Waals surface area contributed by atoms with E-state index in [-0.39, 0.29) is 6.04 Å². The Kier molecular flexibility index (Phi) is 5.62. The van der Waals surface area contributed by atoms with E-state index in [1.807, 2.05) is 38.1 Å². The zero-order valence-electron chi connectivity index (χ0n) is 13.3. The Morgan fingerprint density at radius 2 is 2.05 bits per heavy atom. The first-order chi connectivity index (χ1) is 10.1. The van der Waals surface area contributed by atoms with Crippen molar-refractivity contribution in [3.8, 4) is 5.75 Å². The van der Waals surface area contributed by atoms with E-state index in [4.69, 9.17) is 9.47 Å². The van der Waals surface area contributed by atoms with E-state index in [2.05, 4.69) is 4.90 Å². The van der Waals surface area contributed by atoms with Crippen LogP contribution >= 0.6 is 0 Å². The Labute approximate surface area is 127 Å². The van der Waals surface area contributed by atoms with Crippen LogP contribution in [0.1, 0.15) is 32.3 Å². The largest absolute Gasteiger partial charge is 0.497 e. The number of rotatable bonds is 7. The third-order valence-electron chi connectivity index (χ3n) is 4.41. The molecule has 21 heavy (non-hydrogen) atoms. The lowest BCUT2D eigenvalue weighted by atomic mass is 9.86. The third-order valence-corrected chi connectivity index (χ3v) is 4.41. The normalized spacial score (nSPS) is 22.2. The molecule has 1 heterocycles. The Morgan fingerprint density at radius 3 is 2.67 bits per heavy atom. The van der Waals surface area contributed by atoms with Gasteiger partial charge >= 0.3 is 0 Å². The summed E-state index contributed by atoms with van der Waals surface area (Å²) in [6, 6.07) is 7.87. The molecule has 1 aliphatic rings. The lowest BCUT2D eigenvalue weighted by Gasteiger charge is -2.37. The minimum absolute atomic E-state index is 0.145. The van der Waals surface area contributed by atoms with Gasteiger partial charge in [-0.15, -0.1) is 0 Å². The van der Waals surface area contributed by atoms with Crippen molar-refractivity contribution in [3.63, 3.8) is 0 Å². The van der Waals surface area contributed by atoms with Crippen LogP contribution < -0.4 is 4.74 Å². The van der Waals surface area contributed by atoms with Crippen LogP contribution in [0.15, 0.2) is 24.3 Å². The molecular weight excluding hydrogens is 266 g/mol. The highest BCUT2D eigenvalue weighted by Crippen LogP contribution is 2.35. The van der Waals surface area contributed by atoms with Crippen molar-refractivity contribution in [2.45, 2.75) is 38.3 Å². The third kappa shape index (κ3) is 3.76. The number of benzene rings is 1. The van der Waals surface area contributed by atoms with Gasteiger partial charge in [0.25, 0.3) is 0 Å². The molecule has 1 saturated heterocycles. The van der Waals surface area contributed by atoms with Crippen LogP contribution in [-0.4, -0.2) is 49.5 Å². The molecule has 0 aromatic heterocycles. The first-order valence-electron chi connectivity index (χ1n) is 7.78. The highest BCUT2D eigenvalue weighted by molar-refractivity contribution is 5.31. The van der Waals surface area contributed by atoms with E-state index >= 15 is 0 Å². The van der Waals surface area contributed by atoms with Crippen molar-refractivity contribution < 1.29 is 14.6 Å². The van der Waals surface area contributed by atoms with Crippen molar-refractivity contribution >= 4 is 0 Å². The predicted molar refractivity (Wildman–Crippen MR) is 83.7 cm³/mol. The number of ether oxygens (including phenoxy) is 2. The SMILES string of the molecule is CCOCCN1CCC[C@H]1[C@@](C)(O)c1ccc(OC)cc1. The summed E-state index contributed by atoms with van der Waals surface area (Å²) in [6.07, 6.45) is 2.15. The summed E-state index contributed by atoms with van der Waals surface area (Å²) in [5, 5.41) is 11.1. The quantitative estimate of drug-likeness (QED) is 0.784. The van der Waals surface area contributed by atoms with E-state index in [1.165, 1.54) is 0 Å². The Hall–Kier alpha value is -1.10. The Bertz CT molecular complexity index is 430. The molecule has 1 fully saturated rings. The molecule has 2 rings (SSSR count). The van der Waals surface area contributed by atoms with E-state index in [0.717, 1.165) is 50.5 Å². The van der Waals surface area contributed by atoms with Gasteiger partial charge in [0, 0.05) is 19.2 Å². The molecule has 4 nitrogen and oxygen atoms in total. The van der Waals surface area contributed by atoms with Gasteiger partial charge in [0.1, 0.15) is 11.4 Å². The second kappa shape index (κ2) is 7.25. The van der Waals surface area contributed by atoms with Crippen molar-refractivity contribution in [2.75, 3.05) is 33.4 Å². The molecule has 1 aromatic carbocycles. The Balaban J connectivity index is 2.08. The van der Waals surface area contributed by atoms with Crippen LogP contribution in [0, 0.1) is 0 Å². The summed E-state index contributed by atoms with van der Waals surface area (Å²) < 4.78 is 10.6. The second-order valence-corrected chi connectivity index (χ2v) is 5.77. The smallest absolute Gasteiger partial charge is 0.118 e. The zero-order valence-corrected chi connectivity index (χ0v) is 13.3. The monoisotopic (exact) mass is 293 g/mol. The number of likely N-dealkylation sites (tertiary alicyclic amines) is 1. The minimum Gasteiger partial charge on any atom is -0.497 e. The summed E-state index contributed by atoms with van der Waals surface area (Å²) >= 11 is 0. The fraction of sp³-hybridized carbons (Fsp3) is 0.647. The fourth-order valence-electron chi connectivity index (χ4n) is 3.18. The molecule has 0 amide bonds. The number of hydrogen-bond donors (Lipinski definition) is 1. The van der Waals surface area contributed by atoms with Crippen LogP contribution in [0.25, 0.3) is 0 Å². The van der Waals surface area contributed by atoms with Crippen molar-refractivity contribution in [1.29, 1.82) is 0 Å². The van der Waals surface area contributed by atoms with Gasteiger partial charge in [0.2, 0.25) is 0 Å². The summed E-state index contributed by atoms with van der Waals surface area (Å²) in [7, 11) is 1.65. The molecule has 1 N–H and O–H groups in total. The molecule has 0 saturated carbocycles. The first-order valence-corrected chi connectivity index (χ1v) is 7.78. The van der Waals surface area contributed by atoms with Gasteiger partial charge in [-0.1, -0.05) is 12.1 Å². The fourth-order valence-corrected chi connectivity index (χ4v) is 3.18. The number of nitrogens with zero attached hydrogens (tertiary/aromatic N) is 1. The van der Waals surface area contributed by atoms with Gasteiger partial charge in [-0.3, -0.25) is 4.90 Å². The summed E-state index contributed by atoms with van der Waals surface area (Å²) in [5.74, 6) is 0.814. The van der Waals surface area contributed by atoms with Crippen LogP contribution in [-0.2, 0) is 10.3 Å². The highest BCUT2D eigenvalue weighted by Gasteiger charge is 2.40.